The van der Waals surface area contributed by atoms with Crippen LogP contribution in [0.4, 0.5) is 5.69 Å². The molecule has 11 nitrogen and oxygen atoms in total. The lowest BCUT2D eigenvalue weighted by Gasteiger charge is -2.36. The highest BCUT2D eigenvalue weighted by molar-refractivity contribution is 6.02. The van der Waals surface area contributed by atoms with E-state index in [-0.39, 0.29) is 24.3 Å². The van der Waals surface area contributed by atoms with Gasteiger partial charge in [-0.05, 0) is 57.9 Å². The van der Waals surface area contributed by atoms with Crippen molar-refractivity contribution in [2.45, 2.75) is 56.9 Å². The molecule has 6 atom stereocenters. The van der Waals surface area contributed by atoms with E-state index in [4.69, 9.17) is 14.2 Å². The van der Waals surface area contributed by atoms with Crippen molar-refractivity contribution >= 4 is 23.4 Å². The van der Waals surface area contributed by atoms with Crippen LogP contribution in [0.2, 0.25) is 0 Å². The Bertz CT molecular complexity index is 1080. The first-order valence-corrected chi connectivity index (χ1v) is 14.0. The van der Waals surface area contributed by atoms with Gasteiger partial charge < -0.3 is 34.9 Å². The van der Waals surface area contributed by atoms with E-state index >= 15 is 0 Å². The van der Waals surface area contributed by atoms with Crippen LogP contribution >= 0.6 is 0 Å². The van der Waals surface area contributed by atoms with Crippen LogP contribution in [-0.2, 0) is 23.9 Å². The van der Waals surface area contributed by atoms with E-state index in [1.54, 1.807) is 31.2 Å². The number of fused-ring (bicyclic) bond motifs is 1. The highest BCUT2D eigenvalue weighted by Crippen LogP contribution is 2.63. The quantitative estimate of drug-likeness (QED) is 0.391. The summed E-state index contributed by atoms with van der Waals surface area (Å²) in [5.41, 5.74) is -1.41. The molecule has 11 heteroatoms. The van der Waals surface area contributed by atoms with Crippen molar-refractivity contribution < 1.29 is 33.7 Å². The van der Waals surface area contributed by atoms with Crippen LogP contribution < -0.4 is 15.4 Å². The van der Waals surface area contributed by atoms with Gasteiger partial charge in [0, 0.05) is 31.9 Å². The zero-order valence-corrected chi connectivity index (χ0v) is 23.0. The maximum absolute atomic E-state index is 14.0. The van der Waals surface area contributed by atoms with Crippen LogP contribution in [0.5, 0.6) is 5.75 Å². The van der Waals surface area contributed by atoms with Gasteiger partial charge in [0.05, 0.1) is 49.9 Å². The Morgan fingerprint density at radius 2 is 1.90 bits per heavy atom. The van der Waals surface area contributed by atoms with Crippen molar-refractivity contribution in [2.75, 3.05) is 57.9 Å². The van der Waals surface area contributed by atoms with Gasteiger partial charge >= 0.3 is 0 Å². The SMILES string of the molecule is CCOc1ccc(NC(=O)[C@@H]2[C@H]3C(=O)N([C@H](C)CO)C(C(=O)NCCN4CCOCC4)C34CC[C@@]2(C)O4)cc1. The topological polar surface area (TPSA) is 130 Å². The number of morpholine rings is 1. The molecule has 2 unspecified atom stereocenters. The third-order valence-electron chi connectivity index (χ3n) is 8.75. The smallest absolute Gasteiger partial charge is 0.245 e. The molecule has 5 rings (SSSR count). The molecular weight excluding hydrogens is 504 g/mol. The average Bonchev–Trinajstić information content (AvgIpc) is 3.50. The molecule has 0 saturated carbocycles. The zero-order valence-electron chi connectivity index (χ0n) is 23.0. The van der Waals surface area contributed by atoms with E-state index in [2.05, 4.69) is 15.5 Å². The Hall–Kier alpha value is -2.73. The van der Waals surface area contributed by atoms with E-state index in [0.717, 1.165) is 13.1 Å². The van der Waals surface area contributed by atoms with Crippen molar-refractivity contribution in [3.8, 4) is 5.75 Å². The molecule has 0 radical (unpaired) electrons. The lowest BCUT2D eigenvalue weighted by molar-refractivity contribution is -0.148. The summed E-state index contributed by atoms with van der Waals surface area (Å²) in [4.78, 5) is 45.1. The summed E-state index contributed by atoms with van der Waals surface area (Å²) in [6.07, 6.45) is 1.04. The molecule has 0 aliphatic carbocycles. The largest absolute Gasteiger partial charge is 0.494 e. The van der Waals surface area contributed by atoms with Gasteiger partial charge in [-0.3, -0.25) is 19.3 Å². The first-order valence-electron chi connectivity index (χ1n) is 14.0. The number of amides is 3. The molecule has 0 aromatic heterocycles. The van der Waals surface area contributed by atoms with E-state index in [9.17, 15) is 19.5 Å². The molecular formula is C28H40N4O7. The van der Waals surface area contributed by atoms with Crippen LogP contribution in [0.25, 0.3) is 0 Å². The second-order valence-electron chi connectivity index (χ2n) is 11.2. The van der Waals surface area contributed by atoms with Crippen molar-refractivity contribution in [1.29, 1.82) is 0 Å². The number of hydrogen-bond acceptors (Lipinski definition) is 8. The molecule has 3 amide bonds. The molecule has 1 aromatic carbocycles. The van der Waals surface area contributed by atoms with E-state index in [1.165, 1.54) is 4.90 Å². The highest BCUT2D eigenvalue weighted by Gasteiger charge is 2.78. The van der Waals surface area contributed by atoms with Gasteiger partial charge in [0.25, 0.3) is 0 Å². The summed E-state index contributed by atoms with van der Waals surface area (Å²) < 4.78 is 17.5. The van der Waals surface area contributed by atoms with E-state index in [1.807, 2.05) is 13.8 Å². The minimum atomic E-state index is -1.13. The second kappa shape index (κ2) is 11.0. The molecule has 4 heterocycles. The highest BCUT2D eigenvalue weighted by atomic mass is 16.5. The monoisotopic (exact) mass is 544 g/mol. The molecule has 1 aromatic rings. The molecule has 4 saturated heterocycles. The number of carbonyl (C=O) groups is 3. The minimum Gasteiger partial charge on any atom is -0.494 e. The maximum atomic E-state index is 14.0. The molecule has 1 spiro atoms. The second-order valence-corrected chi connectivity index (χ2v) is 11.2. The van der Waals surface area contributed by atoms with Gasteiger partial charge in [0.1, 0.15) is 17.4 Å². The van der Waals surface area contributed by atoms with E-state index < -0.39 is 35.1 Å². The Morgan fingerprint density at radius 3 is 2.56 bits per heavy atom. The molecule has 4 aliphatic heterocycles. The Kier molecular flexibility index (Phi) is 7.87. The first-order chi connectivity index (χ1) is 18.7. The molecule has 2 bridgehead atoms. The maximum Gasteiger partial charge on any atom is 0.245 e. The third-order valence-corrected chi connectivity index (χ3v) is 8.75. The molecule has 214 valence electrons. The lowest BCUT2D eigenvalue weighted by Crippen LogP contribution is -2.58. The Labute approximate surface area is 229 Å². The zero-order chi connectivity index (χ0) is 27.8. The van der Waals surface area contributed by atoms with Crippen LogP contribution in [0.1, 0.15) is 33.6 Å². The summed E-state index contributed by atoms with van der Waals surface area (Å²) in [7, 11) is 0. The van der Waals surface area contributed by atoms with Gasteiger partial charge in [-0.25, -0.2) is 0 Å². The van der Waals surface area contributed by atoms with Crippen molar-refractivity contribution in [3.63, 3.8) is 0 Å². The van der Waals surface area contributed by atoms with Gasteiger partial charge in [-0.1, -0.05) is 0 Å². The lowest BCUT2D eigenvalue weighted by atomic mass is 9.66. The number of hydrogen-bond donors (Lipinski definition) is 3. The number of benzene rings is 1. The minimum absolute atomic E-state index is 0.299. The number of aliphatic hydroxyl groups is 1. The molecule has 4 aliphatic rings. The van der Waals surface area contributed by atoms with Gasteiger partial charge in [-0.15, -0.1) is 0 Å². The van der Waals surface area contributed by atoms with Crippen LogP contribution in [-0.4, -0.2) is 109 Å². The van der Waals surface area contributed by atoms with Crippen LogP contribution in [0.15, 0.2) is 24.3 Å². The van der Waals surface area contributed by atoms with Crippen molar-refractivity contribution in [2.24, 2.45) is 11.8 Å². The van der Waals surface area contributed by atoms with Crippen LogP contribution in [0, 0.1) is 11.8 Å². The number of anilines is 1. The number of rotatable bonds is 10. The van der Waals surface area contributed by atoms with Crippen molar-refractivity contribution in [3.05, 3.63) is 24.3 Å². The Morgan fingerprint density at radius 1 is 1.18 bits per heavy atom. The third kappa shape index (κ3) is 4.90. The number of ether oxygens (including phenoxy) is 3. The number of nitrogens with one attached hydrogen (secondary N) is 2. The van der Waals surface area contributed by atoms with E-state index in [0.29, 0.717) is 57.2 Å². The number of carbonyl (C=O) groups excluding carboxylic acids is 3. The Balaban J connectivity index is 1.37. The fraction of sp³-hybridized carbons (Fsp3) is 0.679. The number of likely N-dealkylation sites (tertiary alicyclic amines) is 1. The summed E-state index contributed by atoms with van der Waals surface area (Å²) in [6, 6.07) is 5.56. The summed E-state index contributed by atoms with van der Waals surface area (Å²) in [6.45, 7) is 9.78. The van der Waals surface area contributed by atoms with Gasteiger partial charge in [-0.2, -0.15) is 0 Å². The predicted molar refractivity (Wildman–Crippen MR) is 142 cm³/mol. The molecule has 39 heavy (non-hydrogen) atoms. The summed E-state index contributed by atoms with van der Waals surface area (Å²) in [5, 5.41) is 16.0. The number of aliphatic hydroxyl groups excluding tert-OH is 1. The summed E-state index contributed by atoms with van der Waals surface area (Å²) in [5.74, 6) is -1.83. The predicted octanol–water partition coefficient (Wildman–Crippen LogP) is 0.618. The molecule has 3 N–H and O–H groups in total. The average molecular weight is 545 g/mol. The molecule has 4 fully saturated rings. The number of nitrogens with zero attached hydrogens (tertiary/aromatic N) is 2. The standard InChI is InChI=1S/C28H40N4O7/c1-4-38-20-7-5-19(6-8-20)30-24(34)21-22-26(36)32(18(2)17-33)23(28(22)10-9-27(21,3)39-28)25(35)29-11-12-31-13-15-37-16-14-31/h5-8,18,21-23,33H,4,9-17H2,1-3H3,(H,29,35)(H,30,34)/t18-,21+,22+,23?,27-,28?/m1/s1. The summed E-state index contributed by atoms with van der Waals surface area (Å²) >= 11 is 0. The fourth-order valence-corrected chi connectivity index (χ4v) is 6.91. The van der Waals surface area contributed by atoms with Gasteiger partial charge in [0.15, 0.2) is 0 Å². The first kappa shape index (κ1) is 27.8. The fourth-order valence-electron chi connectivity index (χ4n) is 6.91. The normalized spacial score (nSPS) is 32.7. The van der Waals surface area contributed by atoms with Gasteiger partial charge in [0.2, 0.25) is 17.7 Å². The van der Waals surface area contributed by atoms with Crippen molar-refractivity contribution in [1.82, 2.24) is 15.1 Å². The van der Waals surface area contributed by atoms with Crippen LogP contribution in [0.3, 0.4) is 0 Å².